The topological polar surface area (TPSA) is 68.3 Å². The van der Waals surface area contributed by atoms with Crippen LogP contribution in [-0.2, 0) is 19.2 Å². The number of carbonyl (C=O) groups is 4. The quantitative estimate of drug-likeness (QED) is 0.603. The molecule has 0 saturated carbocycles. The maximum absolute atomic E-state index is 11.1. The molecule has 0 aromatic heterocycles. The monoisotopic (exact) mass is 197 g/mol. The van der Waals surface area contributed by atoms with Gasteiger partial charge in [-0.1, -0.05) is 0 Å². The summed E-state index contributed by atoms with van der Waals surface area (Å²) in [6, 6.07) is 0. The first-order valence-corrected chi connectivity index (χ1v) is 4.18. The Kier molecular flexibility index (Phi) is 4.34. The van der Waals surface area contributed by atoms with Gasteiger partial charge in [0.05, 0.1) is 5.92 Å². The summed E-state index contributed by atoms with van der Waals surface area (Å²) in [7, 11) is 0. The molecule has 0 bridgehead atoms. The van der Waals surface area contributed by atoms with E-state index in [1.54, 1.807) is 0 Å². The molecule has 0 rings (SSSR count). The molecule has 77 valence electrons. The molecule has 1 radical (unpaired) electrons. The Labute approximate surface area is 82.7 Å². The third-order valence-corrected chi connectivity index (χ3v) is 1.86. The van der Waals surface area contributed by atoms with Crippen LogP contribution in [0.5, 0.6) is 0 Å². The fourth-order valence-electron chi connectivity index (χ4n) is 1.35. The normalized spacial score (nSPS) is 10.4. The third-order valence-electron chi connectivity index (χ3n) is 1.86. The molecule has 0 aliphatic rings. The number of Topliss-reactive ketones (excluding diaryl/α,β-unsaturated/α-hetero) is 4. The fourth-order valence-corrected chi connectivity index (χ4v) is 1.35. The first kappa shape index (κ1) is 12.7. The van der Waals surface area contributed by atoms with Crippen LogP contribution in [0, 0.1) is 11.8 Å². The lowest BCUT2D eigenvalue weighted by molar-refractivity contribution is -0.135. The Morgan fingerprint density at radius 1 is 0.714 bits per heavy atom. The van der Waals surface area contributed by atoms with E-state index in [1.807, 2.05) is 0 Å². The SMILES string of the molecule is CC(=O)[C](C(C)=O)C(C(C)=O)C(C)=O. The number of rotatable bonds is 5. The van der Waals surface area contributed by atoms with Crippen LogP contribution >= 0.6 is 0 Å². The van der Waals surface area contributed by atoms with Gasteiger partial charge in [0, 0.05) is 0 Å². The maximum atomic E-state index is 11.1. The van der Waals surface area contributed by atoms with Gasteiger partial charge in [0.1, 0.15) is 29.1 Å². The van der Waals surface area contributed by atoms with Crippen molar-refractivity contribution in [1.29, 1.82) is 0 Å². The summed E-state index contributed by atoms with van der Waals surface area (Å²) in [6.45, 7) is 4.74. The van der Waals surface area contributed by atoms with Gasteiger partial charge in [0.2, 0.25) is 0 Å². The smallest absolute Gasteiger partial charge is 0.146 e. The lowest BCUT2D eigenvalue weighted by Crippen LogP contribution is -2.35. The van der Waals surface area contributed by atoms with E-state index in [4.69, 9.17) is 0 Å². The van der Waals surface area contributed by atoms with E-state index in [9.17, 15) is 19.2 Å². The Morgan fingerprint density at radius 2 is 1.00 bits per heavy atom. The second-order valence-electron chi connectivity index (χ2n) is 3.18. The Morgan fingerprint density at radius 3 is 1.07 bits per heavy atom. The molecular weight excluding hydrogens is 184 g/mol. The van der Waals surface area contributed by atoms with Crippen LogP contribution < -0.4 is 0 Å². The maximum Gasteiger partial charge on any atom is 0.146 e. The molecule has 0 saturated heterocycles. The van der Waals surface area contributed by atoms with Crippen LogP contribution in [-0.4, -0.2) is 23.1 Å². The standard InChI is InChI=1S/C10H13O4/c1-5(11)9(6(2)12)10(7(3)13)8(4)14/h9H,1-4H3. The van der Waals surface area contributed by atoms with E-state index < -0.39 is 29.1 Å². The summed E-state index contributed by atoms with van der Waals surface area (Å²) in [5.41, 5.74) is 0. The molecule has 0 aromatic rings. The minimum atomic E-state index is -1.19. The van der Waals surface area contributed by atoms with Crippen molar-refractivity contribution in [2.75, 3.05) is 0 Å². The predicted molar refractivity (Wildman–Crippen MR) is 49.5 cm³/mol. The zero-order valence-electron chi connectivity index (χ0n) is 8.71. The number of hydrogen-bond acceptors (Lipinski definition) is 4. The van der Waals surface area contributed by atoms with Gasteiger partial charge in [-0.2, -0.15) is 0 Å². The minimum absolute atomic E-state index is 0.218. The second-order valence-corrected chi connectivity index (χ2v) is 3.18. The molecule has 0 aromatic carbocycles. The molecule has 14 heavy (non-hydrogen) atoms. The molecular formula is C10H13O4. The molecule has 0 atom stereocenters. The summed E-state index contributed by atoms with van der Waals surface area (Å²) in [5, 5.41) is 0. The van der Waals surface area contributed by atoms with Gasteiger partial charge in [-0.05, 0) is 27.7 Å². The van der Waals surface area contributed by atoms with E-state index in [2.05, 4.69) is 0 Å². The zero-order chi connectivity index (χ0) is 11.5. The Bertz CT molecular complexity index is 232. The minimum Gasteiger partial charge on any atom is -0.299 e. The summed E-state index contributed by atoms with van der Waals surface area (Å²) >= 11 is 0. The molecule has 0 unspecified atom stereocenters. The van der Waals surface area contributed by atoms with E-state index in [-0.39, 0.29) is 5.92 Å². The highest BCUT2D eigenvalue weighted by Crippen LogP contribution is 2.19. The van der Waals surface area contributed by atoms with Crippen molar-refractivity contribution in [2.45, 2.75) is 27.7 Å². The molecule has 0 aliphatic carbocycles. The summed E-state index contributed by atoms with van der Waals surface area (Å²) in [5.74, 6) is -3.40. The van der Waals surface area contributed by atoms with Gasteiger partial charge in [-0.25, -0.2) is 0 Å². The van der Waals surface area contributed by atoms with Gasteiger partial charge in [-0.3, -0.25) is 19.2 Å². The molecule has 4 nitrogen and oxygen atoms in total. The van der Waals surface area contributed by atoms with Crippen LogP contribution in [0.15, 0.2) is 0 Å². The molecule has 4 heteroatoms. The summed E-state index contributed by atoms with van der Waals surface area (Å²) < 4.78 is 0. The van der Waals surface area contributed by atoms with Gasteiger partial charge >= 0.3 is 0 Å². The van der Waals surface area contributed by atoms with Gasteiger partial charge in [-0.15, -0.1) is 0 Å². The second kappa shape index (κ2) is 4.79. The van der Waals surface area contributed by atoms with Crippen molar-refractivity contribution in [2.24, 2.45) is 5.92 Å². The van der Waals surface area contributed by atoms with Crippen LogP contribution in [0.25, 0.3) is 0 Å². The van der Waals surface area contributed by atoms with E-state index >= 15 is 0 Å². The highest BCUT2D eigenvalue weighted by Gasteiger charge is 2.36. The largest absolute Gasteiger partial charge is 0.299 e. The highest BCUT2D eigenvalue weighted by atomic mass is 16.2. The van der Waals surface area contributed by atoms with Gasteiger partial charge in [0.15, 0.2) is 0 Å². The van der Waals surface area contributed by atoms with Crippen LogP contribution in [0.4, 0.5) is 0 Å². The van der Waals surface area contributed by atoms with Crippen molar-refractivity contribution in [3.8, 4) is 0 Å². The van der Waals surface area contributed by atoms with Gasteiger partial charge < -0.3 is 0 Å². The lowest BCUT2D eigenvalue weighted by Gasteiger charge is -2.16. The first-order valence-electron chi connectivity index (χ1n) is 4.18. The van der Waals surface area contributed by atoms with Crippen molar-refractivity contribution in [3.63, 3.8) is 0 Å². The van der Waals surface area contributed by atoms with Gasteiger partial charge in [0.25, 0.3) is 0 Å². The average molecular weight is 197 g/mol. The van der Waals surface area contributed by atoms with E-state index in [0.717, 1.165) is 0 Å². The highest BCUT2D eigenvalue weighted by molar-refractivity contribution is 6.23. The molecule has 0 heterocycles. The number of ketones is 4. The van der Waals surface area contributed by atoms with Crippen molar-refractivity contribution in [1.82, 2.24) is 0 Å². The molecule has 0 spiro atoms. The Balaban J connectivity index is 5.13. The average Bonchev–Trinajstić information content (AvgIpc) is 1.96. The third kappa shape index (κ3) is 2.87. The van der Waals surface area contributed by atoms with Crippen molar-refractivity contribution < 1.29 is 19.2 Å². The summed E-state index contributed by atoms with van der Waals surface area (Å²) in [4.78, 5) is 44.3. The molecule has 0 fully saturated rings. The Hall–Kier alpha value is -1.32. The first-order chi connectivity index (χ1) is 6.29. The zero-order valence-corrected chi connectivity index (χ0v) is 8.71. The number of carbonyl (C=O) groups excluding carboxylic acids is 4. The molecule has 0 amide bonds. The summed E-state index contributed by atoms with van der Waals surface area (Å²) in [6.07, 6.45) is 0. The predicted octanol–water partition coefficient (Wildman–Crippen LogP) is 0.533. The van der Waals surface area contributed by atoms with Crippen molar-refractivity contribution in [3.05, 3.63) is 5.92 Å². The lowest BCUT2D eigenvalue weighted by atomic mass is 9.81. The van der Waals surface area contributed by atoms with Crippen LogP contribution in [0.2, 0.25) is 0 Å². The molecule has 0 aliphatic heterocycles. The number of hydrogen-bond donors (Lipinski definition) is 0. The van der Waals surface area contributed by atoms with Crippen LogP contribution in [0.3, 0.4) is 0 Å². The van der Waals surface area contributed by atoms with E-state index in [1.165, 1.54) is 27.7 Å². The molecule has 0 N–H and O–H groups in total. The fraction of sp³-hybridized carbons (Fsp3) is 0.500. The van der Waals surface area contributed by atoms with Crippen molar-refractivity contribution >= 4 is 23.1 Å². The van der Waals surface area contributed by atoms with Crippen LogP contribution in [0.1, 0.15) is 27.7 Å². The van der Waals surface area contributed by atoms with E-state index in [0.29, 0.717) is 0 Å².